The van der Waals surface area contributed by atoms with Gasteiger partial charge in [-0.15, -0.1) is 0 Å². The van der Waals surface area contributed by atoms with E-state index in [0.717, 1.165) is 6.42 Å². The summed E-state index contributed by atoms with van der Waals surface area (Å²) < 4.78 is 1.38. The molecule has 1 aliphatic carbocycles. The Morgan fingerprint density at radius 3 is 2.75 bits per heavy atom. The number of nitrogens with one attached hydrogen (secondary N) is 2. The van der Waals surface area contributed by atoms with Gasteiger partial charge in [0.25, 0.3) is 11.5 Å². The highest BCUT2D eigenvalue weighted by molar-refractivity contribution is 5.94. The number of aromatic nitrogens is 3. The summed E-state index contributed by atoms with van der Waals surface area (Å²) in [6.07, 6.45) is 4.03. The first-order chi connectivity index (χ1) is 11.7. The molecule has 2 aromatic heterocycles. The molecule has 1 saturated carbocycles. The molecular weight excluding hydrogens is 304 g/mol. The number of amides is 1. The molecule has 3 aromatic rings. The van der Waals surface area contributed by atoms with Crippen molar-refractivity contribution in [1.29, 1.82) is 0 Å². The van der Waals surface area contributed by atoms with Crippen LogP contribution in [0.15, 0.2) is 65.7 Å². The van der Waals surface area contributed by atoms with Crippen LogP contribution in [0.25, 0.3) is 5.82 Å². The number of pyridine rings is 1. The van der Waals surface area contributed by atoms with Crippen LogP contribution >= 0.6 is 0 Å². The predicted molar refractivity (Wildman–Crippen MR) is 89.2 cm³/mol. The van der Waals surface area contributed by atoms with Gasteiger partial charge in [0.1, 0.15) is 5.82 Å². The van der Waals surface area contributed by atoms with Gasteiger partial charge in [0.2, 0.25) is 0 Å². The molecule has 6 heteroatoms. The molecule has 2 unspecified atom stereocenters. The number of carbonyl (C=O) groups is 1. The normalized spacial score (nSPS) is 19.0. The molecule has 0 spiro atoms. The lowest BCUT2D eigenvalue weighted by Gasteiger charge is -2.07. The Morgan fingerprint density at radius 1 is 1.17 bits per heavy atom. The minimum absolute atomic E-state index is 0.146. The third-order valence-electron chi connectivity index (χ3n) is 4.25. The zero-order valence-electron chi connectivity index (χ0n) is 12.8. The SMILES string of the molecule is O=C(NC1CC1c1ccccc1)c1ccc(=O)n(-c2ccn[nH]2)c1. The average Bonchev–Trinajstić information content (AvgIpc) is 3.16. The Bertz CT molecular complexity index is 916. The molecule has 1 amide bonds. The number of carbonyl (C=O) groups excluding carboxylic acids is 1. The second-order valence-corrected chi connectivity index (χ2v) is 5.90. The van der Waals surface area contributed by atoms with Crippen molar-refractivity contribution in [3.05, 3.63) is 82.4 Å². The fourth-order valence-corrected chi connectivity index (χ4v) is 2.87. The number of rotatable bonds is 4. The highest BCUT2D eigenvalue weighted by Crippen LogP contribution is 2.40. The lowest BCUT2D eigenvalue weighted by atomic mass is 10.1. The van der Waals surface area contributed by atoms with E-state index in [1.54, 1.807) is 18.3 Å². The van der Waals surface area contributed by atoms with E-state index in [4.69, 9.17) is 0 Å². The first kappa shape index (κ1) is 14.4. The van der Waals surface area contributed by atoms with E-state index in [0.29, 0.717) is 17.3 Å². The van der Waals surface area contributed by atoms with Crippen molar-refractivity contribution in [2.45, 2.75) is 18.4 Å². The van der Waals surface area contributed by atoms with Crippen LogP contribution in [-0.2, 0) is 0 Å². The molecule has 24 heavy (non-hydrogen) atoms. The second-order valence-electron chi connectivity index (χ2n) is 5.90. The van der Waals surface area contributed by atoms with Gasteiger partial charge in [-0.1, -0.05) is 30.3 Å². The predicted octanol–water partition coefficient (Wildman–Crippen LogP) is 1.85. The minimum atomic E-state index is -0.218. The van der Waals surface area contributed by atoms with E-state index in [-0.39, 0.29) is 17.5 Å². The monoisotopic (exact) mass is 320 g/mol. The molecule has 2 heterocycles. The molecule has 2 N–H and O–H groups in total. The number of hydrogen-bond acceptors (Lipinski definition) is 3. The van der Waals surface area contributed by atoms with Crippen LogP contribution in [0.3, 0.4) is 0 Å². The number of benzene rings is 1. The zero-order chi connectivity index (χ0) is 16.5. The van der Waals surface area contributed by atoms with Crippen LogP contribution in [0, 0.1) is 0 Å². The lowest BCUT2D eigenvalue weighted by molar-refractivity contribution is 0.0949. The summed E-state index contributed by atoms with van der Waals surface area (Å²) >= 11 is 0. The van der Waals surface area contributed by atoms with Gasteiger partial charge in [0.15, 0.2) is 0 Å². The third-order valence-corrected chi connectivity index (χ3v) is 4.25. The largest absolute Gasteiger partial charge is 0.349 e. The maximum atomic E-state index is 12.5. The van der Waals surface area contributed by atoms with Gasteiger partial charge in [-0.3, -0.25) is 19.3 Å². The third kappa shape index (κ3) is 2.74. The van der Waals surface area contributed by atoms with E-state index >= 15 is 0 Å². The van der Waals surface area contributed by atoms with Gasteiger partial charge in [0.05, 0.1) is 11.8 Å². The molecule has 6 nitrogen and oxygen atoms in total. The summed E-state index contributed by atoms with van der Waals surface area (Å²) in [5, 5.41) is 9.58. The molecule has 120 valence electrons. The van der Waals surface area contributed by atoms with Gasteiger partial charge in [-0.05, 0) is 18.1 Å². The maximum absolute atomic E-state index is 12.5. The second kappa shape index (κ2) is 5.81. The summed E-state index contributed by atoms with van der Waals surface area (Å²) in [5.74, 6) is 0.726. The van der Waals surface area contributed by atoms with Crippen LogP contribution in [0.4, 0.5) is 0 Å². The maximum Gasteiger partial charge on any atom is 0.256 e. The number of hydrogen-bond donors (Lipinski definition) is 2. The fraction of sp³-hybridized carbons (Fsp3) is 0.167. The van der Waals surface area contributed by atoms with Crippen LogP contribution in [0.2, 0.25) is 0 Å². The Kier molecular flexibility index (Phi) is 3.49. The fourth-order valence-electron chi connectivity index (χ4n) is 2.87. The molecule has 1 fully saturated rings. The summed E-state index contributed by atoms with van der Waals surface area (Å²) in [6, 6.07) is 14.9. The van der Waals surface area contributed by atoms with Crippen molar-refractivity contribution < 1.29 is 4.79 Å². The van der Waals surface area contributed by atoms with Crippen LogP contribution < -0.4 is 10.9 Å². The molecule has 2 atom stereocenters. The molecule has 0 aliphatic heterocycles. The van der Waals surface area contributed by atoms with E-state index in [2.05, 4.69) is 27.6 Å². The Balaban J connectivity index is 1.50. The van der Waals surface area contributed by atoms with Gasteiger partial charge < -0.3 is 5.32 Å². The van der Waals surface area contributed by atoms with Crippen LogP contribution in [0.5, 0.6) is 0 Å². The summed E-state index contributed by atoms with van der Waals surface area (Å²) in [4.78, 5) is 24.4. The lowest BCUT2D eigenvalue weighted by Crippen LogP contribution is -2.28. The summed E-state index contributed by atoms with van der Waals surface area (Å²) in [5.41, 5.74) is 1.47. The van der Waals surface area contributed by atoms with Gasteiger partial charge in [-0.2, -0.15) is 5.10 Å². The van der Waals surface area contributed by atoms with Crippen LogP contribution in [-0.4, -0.2) is 26.7 Å². The summed E-state index contributed by atoms with van der Waals surface area (Å²) in [7, 11) is 0. The molecule has 4 rings (SSSR count). The molecule has 0 saturated heterocycles. The molecule has 1 aliphatic rings. The number of aromatic amines is 1. The van der Waals surface area contributed by atoms with Crippen molar-refractivity contribution in [3.63, 3.8) is 0 Å². The standard InChI is InChI=1S/C18H16N4O2/c23-17-7-6-13(11-22(17)16-8-9-19-21-16)18(24)20-15-10-14(15)12-4-2-1-3-5-12/h1-9,11,14-15H,10H2,(H,19,21)(H,20,24). The Hall–Kier alpha value is -3.15. The van der Waals surface area contributed by atoms with E-state index in [1.165, 1.54) is 22.4 Å². The first-order valence-electron chi connectivity index (χ1n) is 7.80. The van der Waals surface area contributed by atoms with Gasteiger partial charge in [0, 0.05) is 30.3 Å². The molecule has 0 bridgehead atoms. The van der Waals surface area contributed by atoms with E-state index in [1.807, 2.05) is 18.2 Å². The quantitative estimate of drug-likeness (QED) is 0.770. The van der Waals surface area contributed by atoms with Crippen LogP contribution in [0.1, 0.15) is 28.3 Å². The molecular formula is C18H16N4O2. The van der Waals surface area contributed by atoms with Gasteiger partial charge >= 0.3 is 0 Å². The highest BCUT2D eigenvalue weighted by Gasteiger charge is 2.39. The Morgan fingerprint density at radius 2 is 2.00 bits per heavy atom. The zero-order valence-corrected chi connectivity index (χ0v) is 12.8. The van der Waals surface area contributed by atoms with E-state index in [9.17, 15) is 9.59 Å². The van der Waals surface area contributed by atoms with E-state index < -0.39 is 0 Å². The van der Waals surface area contributed by atoms with Crippen molar-refractivity contribution >= 4 is 5.91 Å². The Labute approximate surface area is 138 Å². The van der Waals surface area contributed by atoms with Crippen molar-refractivity contribution in [2.75, 3.05) is 0 Å². The van der Waals surface area contributed by atoms with Crippen molar-refractivity contribution in [1.82, 2.24) is 20.1 Å². The number of nitrogens with zero attached hydrogens (tertiary/aromatic N) is 2. The highest BCUT2D eigenvalue weighted by atomic mass is 16.2. The average molecular weight is 320 g/mol. The molecule has 0 radical (unpaired) electrons. The van der Waals surface area contributed by atoms with Crippen molar-refractivity contribution in [2.24, 2.45) is 0 Å². The first-order valence-corrected chi connectivity index (χ1v) is 7.80. The number of H-pyrrole nitrogens is 1. The summed E-state index contributed by atoms with van der Waals surface area (Å²) in [6.45, 7) is 0. The molecule has 1 aromatic carbocycles. The van der Waals surface area contributed by atoms with Gasteiger partial charge in [-0.25, -0.2) is 0 Å². The topological polar surface area (TPSA) is 79.8 Å². The minimum Gasteiger partial charge on any atom is -0.349 e. The van der Waals surface area contributed by atoms with Crippen molar-refractivity contribution in [3.8, 4) is 5.82 Å². The smallest absolute Gasteiger partial charge is 0.256 e.